The number of hydrogen-bond donors (Lipinski definition) is 2. The standard InChI is InChI=1S/C27H21F2N3O.C22H17BrF2N2O/c1-16-21(27(33)32-26-23(28)8-3-9-24(26)29)14-19-6-2-5-17-10-11-18(13-22(17)25(19)31-16)20-7-4-12-30-15-20;1-12-16(22(28)27-21-18(24)6-3-7-19(21)25)10-14-5-2-4-13-8-9-15(23)11-17(13)20(14)26-12/h3-4,7-15H,2,5-6H2,1H3,(H,32,33);3,6-11H,2,4-5H2,1H3,(H,27,28). The van der Waals surface area contributed by atoms with E-state index in [0.717, 1.165) is 112 Å². The van der Waals surface area contributed by atoms with Crippen molar-refractivity contribution in [2.75, 3.05) is 10.6 Å². The predicted molar refractivity (Wildman–Crippen MR) is 232 cm³/mol. The van der Waals surface area contributed by atoms with E-state index in [0.29, 0.717) is 22.5 Å². The number of benzene rings is 4. The second kappa shape index (κ2) is 17.6. The highest BCUT2D eigenvalue weighted by atomic mass is 79.9. The van der Waals surface area contributed by atoms with Crippen molar-refractivity contribution in [2.24, 2.45) is 0 Å². The second-order valence-corrected chi connectivity index (χ2v) is 15.9. The number of para-hydroxylation sites is 2. The minimum atomic E-state index is -0.819. The molecular formula is C49H38BrF4N5O2. The van der Waals surface area contributed by atoms with Crippen molar-refractivity contribution in [2.45, 2.75) is 52.4 Å². The van der Waals surface area contributed by atoms with Crippen molar-refractivity contribution in [1.82, 2.24) is 15.0 Å². The molecule has 2 N–H and O–H groups in total. The van der Waals surface area contributed by atoms with Crippen LogP contribution in [0.1, 0.15) is 67.2 Å². The number of amides is 2. The lowest BCUT2D eigenvalue weighted by Crippen LogP contribution is -2.17. The monoisotopic (exact) mass is 883 g/mol. The summed E-state index contributed by atoms with van der Waals surface area (Å²) in [5, 5.41) is 4.72. The van der Waals surface area contributed by atoms with Crippen molar-refractivity contribution in [3.8, 4) is 33.6 Å². The van der Waals surface area contributed by atoms with E-state index in [9.17, 15) is 27.2 Å². The predicted octanol–water partition coefficient (Wildman–Crippen LogP) is 12.0. The van der Waals surface area contributed by atoms with Gasteiger partial charge >= 0.3 is 0 Å². The summed E-state index contributed by atoms with van der Waals surface area (Å²) in [7, 11) is 0. The van der Waals surface area contributed by atoms with E-state index >= 15 is 0 Å². The molecule has 2 amide bonds. The van der Waals surface area contributed by atoms with E-state index in [2.05, 4.69) is 55.8 Å². The Balaban J connectivity index is 0.000000171. The number of halogens is 5. The van der Waals surface area contributed by atoms with Gasteiger partial charge in [-0.1, -0.05) is 52.3 Å². The zero-order valence-corrected chi connectivity index (χ0v) is 34.8. The third-order valence-corrected chi connectivity index (χ3v) is 11.4. The van der Waals surface area contributed by atoms with Crippen LogP contribution in [0, 0.1) is 37.1 Å². The van der Waals surface area contributed by atoms with Gasteiger partial charge in [-0.25, -0.2) is 17.6 Å². The van der Waals surface area contributed by atoms with Crippen molar-refractivity contribution in [3.63, 3.8) is 0 Å². The molecule has 0 spiro atoms. The smallest absolute Gasteiger partial charge is 0.257 e. The largest absolute Gasteiger partial charge is 0.317 e. The van der Waals surface area contributed by atoms with Gasteiger partial charge in [0.05, 0.1) is 33.9 Å². The molecule has 0 aliphatic heterocycles. The van der Waals surface area contributed by atoms with Gasteiger partial charge in [-0.3, -0.25) is 24.5 Å². The number of carbonyl (C=O) groups is 2. The Bertz CT molecular complexity index is 2810. The van der Waals surface area contributed by atoms with Crippen molar-refractivity contribution >= 4 is 39.1 Å². The van der Waals surface area contributed by atoms with Crippen LogP contribution in [0.5, 0.6) is 0 Å². The molecule has 0 fully saturated rings. The van der Waals surface area contributed by atoms with Crippen LogP contribution in [-0.4, -0.2) is 26.8 Å². The van der Waals surface area contributed by atoms with E-state index in [-0.39, 0.29) is 0 Å². The van der Waals surface area contributed by atoms with Crippen molar-refractivity contribution in [3.05, 3.63) is 182 Å². The second-order valence-electron chi connectivity index (χ2n) is 15.0. The Morgan fingerprint density at radius 2 is 1.03 bits per heavy atom. The fourth-order valence-electron chi connectivity index (χ4n) is 7.85. The average molecular weight is 885 g/mol. The molecule has 0 saturated heterocycles. The Kier molecular flexibility index (Phi) is 11.9. The van der Waals surface area contributed by atoms with Gasteiger partial charge in [-0.2, -0.15) is 0 Å². The molecular weight excluding hydrogens is 846 g/mol. The van der Waals surface area contributed by atoms with E-state index in [1.165, 1.54) is 23.3 Å². The lowest BCUT2D eigenvalue weighted by molar-refractivity contribution is 0.101. The molecule has 3 aromatic heterocycles. The molecule has 61 heavy (non-hydrogen) atoms. The van der Waals surface area contributed by atoms with E-state index < -0.39 is 46.5 Å². The van der Waals surface area contributed by atoms with Gasteiger partial charge < -0.3 is 10.6 Å². The van der Waals surface area contributed by atoms with E-state index in [1.54, 1.807) is 32.2 Å². The quantitative estimate of drug-likeness (QED) is 0.168. The lowest BCUT2D eigenvalue weighted by atomic mass is 9.95. The van der Waals surface area contributed by atoms with Crippen LogP contribution in [0.4, 0.5) is 28.9 Å². The van der Waals surface area contributed by atoms with Gasteiger partial charge in [0.1, 0.15) is 34.6 Å². The normalized spacial score (nSPS) is 12.6. The summed E-state index contributed by atoms with van der Waals surface area (Å²) < 4.78 is 56.8. The van der Waals surface area contributed by atoms with Crippen LogP contribution in [0.25, 0.3) is 33.6 Å². The number of nitrogens with zero attached hydrogens (tertiary/aromatic N) is 3. The number of hydrogen-bond acceptors (Lipinski definition) is 5. The van der Waals surface area contributed by atoms with Crippen LogP contribution in [0.15, 0.2) is 114 Å². The number of pyridine rings is 3. The summed E-state index contributed by atoms with van der Waals surface area (Å²) in [5.41, 5.74) is 10.9. The highest BCUT2D eigenvalue weighted by molar-refractivity contribution is 9.10. The Morgan fingerprint density at radius 1 is 0.557 bits per heavy atom. The first kappa shape index (κ1) is 41.2. The van der Waals surface area contributed by atoms with Gasteiger partial charge in [0.2, 0.25) is 0 Å². The van der Waals surface area contributed by atoms with Crippen LogP contribution in [0.2, 0.25) is 0 Å². The molecule has 3 heterocycles. The Hall–Kier alpha value is -6.53. The zero-order valence-electron chi connectivity index (χ0n) is 33.2. The molecule has 0 unspecified atom stereocenters. The van der Waals surface area contributed by atoms with E-state index in [4.69, 9.17) is 9.97 Å². The molecule has 306 valence electrons. The summed E-state index contributed by atoms with van der Waals surface area (Å²) in [6.45, 7) is 3.47. The molecule has 0 saturated carbocycles. The average Bonchev–Trinajstić information content (AvgIpc) is 3.54. The molecule has 0 atom stereocenters. The molecule has 4 aromatic carbocycles. The summed E-state index contributed by atoms with van der Waals surface area (Å²) in [4.78, 5) is 39.3. The van der Waals surface area contributed by atoms with Crippen LogP contribution < -0.4 is 10.6 Å². The number of carbonyl (C=O) groups excluding carboxylic acids is 2. The zero-order chi connectivity index (χ0) is 42.8. The minimum Gasteiger partial charge on any atom is -0.317 e. The Labute approximate surface area is 358 Å². The maximum absolute atomic E-state index is 14.0. The SMILES string of the molecule is Cc1nc2c(cc1C(=O)Nc1c(F)cccc1F)CCCc1ccc(-c3cccnc3)cc1-2.Cc1nc2c(cc1C(=O)Nc1c(F)cccc1F)CCCc1ccc(Br)cc1-2. The molecule has 7 aromatic rings. The van der Waals surface area contributed by atoms with Gasteiger partial charge in [0.25, 0.3) is 11.8 Å². The van der Waals surface area contributed by atoms with Gasteiger partial charge in [0, 0.05) is 33.6 Å². The van der Waals surface area contributed by atoms with E-state index in [1.807, 2.05) is 30.5 Å². The third kappa shape index (κ3) is 8.72. The first-order valence-corrected chi connectivity index (χ1v) is 20.6. The Morgan fingerprint density at radius 3 is 1.52 bits per heavy atom. The number of fused-ring (bicyclic) bond motifs is 6. The fraction of sp³-hybridized carbons (Fsp3) is 0.163. The first-order valence-electron chi connectivity index (χ1n) is 19.8. The summed E-state index contributed by atoms with van der Waals surface area (Å²) in [6, 6.07) is 27.0. The highest BCUT2D eigenvalue weighted by Crippen LogP contribution is 2.37. The summed E-state index contributed by atoms with van der Waals surface area (Å²) >= 11 is 3.51. The van der Waals surface area contributed by atoms with Crippen molar-refractivity contribution < 1.29 is 27.2 Å². The number of anilines is 2. The maximum Gasteiger partial charge on any atom is 0.257 e. The van der Waals surface area contributed by atoms with Gasteiger partial charge in [0.15, 0.2) is 0 Å². The first-order chi connectivity index (χ1) is 29.4. The third-order valence-electron chi connectivity index (χ3n) is 10.9. The van der Waals surface area contributed by atoms with Gasteiger partial charge in [-0.15, -0.1) is 0 Å². The highest BCUT2D eigenvalue weighted by Gasteiger charge is 2.24. The topological polar surface area (TPSA) is 96.9 Å². The molecule has 7 nitrogen and oxygen atoms in total. The fourth-order valence-corrected chi connectivity index (χ4v) is 8.21. The molecule has 2 aliphatic carbocycles. The number of aromatic nitrogens is 3. The van der Waals surface area contributed by atoms with Crippen LogP contribution in [0.3, 0.4) is 0 Å². The molecule has 12 heteroatoms. The van der Waals surface area contributed by atoms with Crippen LogP contribution in [-0.2, 0) is 25.7 Å². The van der Waals surface area contributed by atoms with Crippen LogP contribution >= 0.6 is 15.9 Å². The maximum atomic E-state index is 14.0. The number of rotatable bonds is 5. The molecule has 9 rings (SSSR count). The van der Waals surface area contributed by atoms with Gasteiger partial charge in [-0.05, 0) is 141 Å². The van der Waals surface area contributed by atoms with Crippen molar-refractivity contribution in [1.29, 1.82) is 0 Å². The minimum absolute atomic E-state index is 0.309. The summed E-state index contributed by atoms with van der Waals surface area (Å²) in [6.07, 6.45) is 8.80. The summed E-state index contributed by atoms with van der Waals surface area (Å²) in [5.74, 6) is -4.42. The lowest BCUT2D eigenvalue weighted by Gasteiger charge is -2.15. The molecule has 0 radical (unpaired) electrons. The molecule has 2 aliphatic rings. The number of aryl methyl sites for hydroxylation is 6. The number of nitrogens with one attached hydrogen (secondary N) is 2. The molecule has 0 bridgehead atoms.